The lowest BCUT2D eigenvalue weighted by molar-refractivity contribution is -0.123. The Morgan fingerprint density at radius 2 is 1.82 bits per heavy atom. The predicted octanol–water partition coefficient (Wildman–Crippen LogP) is 1.35. The Hall–Kier alpha value is -1.26. The number of oxime groups is 1. The standard InChI is InChI=1S/C12H21N3O2/c13-11(15-17)12(7-3-1-2-4-8-12)14-10(16)9-5-6-9/h9,17H,1-8H2,(H2,13,15)(H,14,16). The molecule has 17 heavy (non-hydrogen) atoms. The van der Waals surface area contributed by atoms with Crippen LogP contribution in [0, 0.1) is 5.92 Å². The fraction of sp³-hybridized carbons (Fsp3) is 0.833. The van der Waals surface area contributed by atoms with Gasteiger partial charge in [-0.1, -0.05) is 30.8 Å². The predicted molar refractivity (Wildman–Crippen MR) is 64.7 cm³/mol. The number of nitrogens with zero attached hydrogens (tertiary/aromatic N) is 1. The van der Waals surface area contributed by atoms with Gasteiger partial charge >= 0.3 is 0 Å². The molecule has 2 fully saturated rings. The number of carbonyl (C=O) groups excluding carboxylic acids is 1. The van der Waals surface area contributed by atoms with Gasteiger partial charge in [-0.3, -0.25) is 4.79 Å². The monoisotopic (exact) mass is 239 g/mol. The molecule has 2 aliphatic carbocycles. The van der Waals surface area contributed by atoms with E-state index in [9.17, 15) is 4.79 Å². The van der Waals surface area contributed by atoms with Gasteiger partial charge < -0.3 is 16.3 Å². The zero-order valence-electron chi connectivity index (χ0n) is 10.1. The maximum absolute atomic E-state index is 11.9. The van der Waals surface area contributed by atoms with Crippen LogP contribution in [-0.4, -0.2) is 22.5 Å². The van der Waals surface area contributed by atoms with E-state index < -0.39 is 5.54 Å². The summed E-state index contributed by atoms with van der Waals surface area (Å²) in [7, 11) is 0. The van der Waals surface area contributed by atoms with E-state index in [0.29, 0.717) is 0 Å². The second-order valence-electron chi connectivity index (χ2n) is 5.25. The highest BCUT2D eigenvalue weighted by atomic mass is 16.4. The van der Waals surface area contributed by atoms with Crippen molar-refractivity contribution in [3.05, 3.63) is 0 Å². The molecule has 0 aromatic rings. The first-order valence-corrected chi connectivity index (χ1v) is 6.48. The Morgan fingerprint density at radius 1 is 1.24 bits per heavy atom. The summed E-state index contributed by atoms with van der Waals surface area (Å²) in [5.41, 5.74) is 5.20. The molecule has 0 unspecified atom stereocenters. The van der Waals surface area contributed by atoms with Crippen LogP contribution >= 0.6 is 0 Å². The fourth-order valence-corrected chi connectivity index (χ4v) is 2.56. The first-order chi connectivity index (χ1) is 8.18. The molecule has 0 saturated heterocycles. The summed E-state index contributed by atoms with van der Waals surface area (Å²) in [6, 6.07) is 0. The minimum absolute atomic E-state index is 0.0681. The Balaban J connectivity index is 2.12. The van der Waals surface area contributed by atoms with Gasteiger partial charge in [0.25, 0.3) is 0 Å². The van der Waals surface area contributed by atoms with E-state index in [-0.39, 0.29) is 17.7 Å². The molecule has 2 saturated carbocycles. The highest BCUT2D eigenvalue weighted by molar-refractivity contribution is 5.94. The van der Waals surface area contributed by atoms with Crippen LogP contribution in [0.4, 0.5) is 0 Å². The molecule has 2 aliphatic rings. The molecule has 0 aliphatic heterocycles. The molecule has 1 amide bonds. The molecule has 2 rings (SSSR count). The van der Waals surface area contributed by atoms with E-state index in [0.717, 1.165) is 51.4 Å². The molecule has 0 spiro atoms. The molecule has 0 aromatic heterocycles. The Morgan fingerprint density at radius 3 is 2.29 bits per heavy atom. The lowest BCUT2D eigenvalue weighted by Crippen LogP contribution is -2.57. The van der Waals surface area contributed by atoms with Crippen molar-refractivity contribution in [3.8, 4) is 0 Å². The van der Waals surface area contributed by atoms with Gasteiger partial charge in [-0.25, -0.2) is 0 Å². The lowest BCUT2D eigenvalue weighted by Gasteiger charge is -2.32. The quantitative estimate of drug-likeness (QED) is 0.228. The van der Waals surface area contributed by atoms with E-state index in [4.69, 9.17) is 10.9 Å². The molecule has 0 aromatic carbocycles. The van der Waals surface area contributed by atoms with Crippen molar-refractivity contribution in [1.82, 2.24) is 5.32 Å². The SMILES string of the molecule is N/C(=N/O)C1(NC(=O)C2CC2)CCCCCC1. The topological polar surface area (TPSA) is 87.7 Å². The van der Waals surface area contributed by atoms with Crippen LogP contribution < -0.4 is 11.1 Å². The van der Waals surface area contributed by atoms with E-state index in [1.807, 2.05) is 0 Å². The van der Waals surface area contributed by atoms with Crippen LogP contribution in [0.1, 0.15) is 51.4 Å². The van der Waals surface area contributed by atoms with E-state index >= 15 is 0 Å². The van der Waals surface area contributed by atoms with Crippen LogP contribution in [0.15, 0.2) is 5.16 Å². The molecule has 4 N–H and O–H groups in total. The van der Waals surface area contributed by atoms with Crippen LogP contribution in [0.2, 0.25) is 0 Å². The molecule has 5 nitrogen and oxygen atoms in total. The maximum atomic E-state index is 11.9. The van der Waals surface area contributed by atoms with Crippen LogP contribution in [0.25, 0.3) is 0 Å². The number of hydrogen-bond donors (Lipinski definition) is 3. The first-order valence-electron chi connectivity index (χ1n) is 6.48. The third-order valence-electron chi connectivity index (χ3n) is 3.87. The van der Waals surface area contributed by atoms with Crippen molar-refractivity contribution in [3.63, 3.8) is 0 Å². The number of hydrogen-bond acceptors (Lipinski definition) is 3. The highest BCUT2D eigenvalue weighted by Gasteiger charge is 2.40. The van der Waals surface area contributed by atoms with Gasteiger partial charge in [-0.15, -0.1) is 0 Å². The minimum Gasteiger partial charge on any atom is -0.409 e. The zero-order valence-corrected chi connectivity index (χ0v) is 10.1. The van der Waals surface area contributed by atoms with Crippen molar-refractivity contribution in [2.45, 2.75) is 56.9 Å². The molecule has 0 heterocycles. The fourth-order valence-electron chi connectivity index (χ4n) is 2.56. The van der Waals surface area contributed by atoms with Crippen molar-refractivity contribution < 1.29 is 10.0 Å². The normalized spacial score (nSPS) is 25.1. The average molecular weight is 239 g/mol. The second kappa shape index (κ2) is 4.94. The first kappa shape index (κ1) is 12.2. The number of carbonyl (C=O) groups is 1. The summed E-state index contributed by atoms with van der Waals surface area (Å²) in [6.45, 7) is 0. The third-order valence-corrected chi connectivity index (χ3v) is 3.87. The summed E-state index contributed by atoms with van der Waals surface area (Å²) in [6.07, 6.45) is 7.83. The van der Waals surface area contributed by atoms with Crippen molar-refractivity contribution in [2.75, 3.05) is 0 Å². The highest BCUT2D eigenvalue weighted by Crippen LogP contribution is 2.32. The number of nitrogens with two attached hydrogens (primary N) is 1. The summed E-state index contributed by atoms with van der Waals surface area (Å²) in [5.74, 6) is 0.383. The van der Waals surface area contributed by atoms with Gasteiger partial charge in [0.05, 0.1) is 0 Å². The Bertz CT molecular complexity index is 316. The lowest BCUT2D eigenvalue weighted by atomic mass is 9.88. The molecule has 96 valence electrons. The summed E-state index contributed by atoms with van der Waals surface area (Å²) in [5, 5.41) is 15.1. The van der Waals surface area contributed by atoms with Crippen molar-refractivity contribution in [2.24, 2.45) is 16.8 Å². The number of amidine groups is 1. The van der Waals surface area contributed by atoms with E-state index in [2.05, 4.69) is 10.5 Å². The maximum Gasteiger partial charge on any atom is 0.223 e. The van der Waals surface area contributed by atoms with Crippen LogP contribution in [-0.2, 0) is 4.79 Å². The molecule has 0 bridgehead atoms. The van der Waals surface area contributed by atoms with Crippen LogP contribution in [0.5, 0.6) is 0 Å². The van der Waals surface area contributed by atoms with Crippen molar-refractivity contribution >= 4 is 11.7 Å². The summed E-state index contributed by atoms with van der Waals surface area (Å²) < 4.78 is 0. The minimum atomic E-state index is -0.606. The van der Waals surface area contributed by atoms with Gasteiger partial charge in [-0.2, -0.15) is 0 Å². The Kier molecular flexibility index (Phi) is 3.54. The summed E-state index contributed by atoms with van der Waals surface area (Å²) in [4.78, 5) is 11.9. The van der Waals surface area contributed by atoms with Gasteiger partial charge in [0, 0.05) is 5.92 Å². The second-order valence-corrected chi connectivity index (χ2v) is 5.25. The van der Waals surface area contributed by atoms with Gasteiger partial charge in [0.2, 0.25) is 5.91 Å². The number of amides is 1. The zero-order chi connectivity index (χ0) is 12.3. The van der Waals surface area contributed by atoms with E-state index in [1.54, 1.807) is 0 Å². The largest absolute Gasteiger partial charge is 0.409 e. The van der Waals surface area contributed by atoms with E-state index in [1.165, 1.54) is 0 Å². The van der Waals surface area contributed by atoms with Gasteiger partial charge in [-0.05, 0) is 25.7 Å². The molecule has 0 radical (unpaired) electrons. The molecular formula is C12H21N3O2. The molecule has 5 heteroatoms. The van der Waals surface area contributed by atoms with Crippen LogP contribution in [0.3, 0.4) is 0 Å². The third kappa shape index (κ3) is 2.70. The van der Waals surface area contributed by atoms with Crippen molar-refractivity contribution in [1.29, 1.82) is 0 Å². The Labute approximate surface area is 101 Å². The number of nitrogens with one attached hydrogen (secondary N) is 1. The molecule has 0 atom stereocenters. The van der Waals surface area contributed by atoms with Gasteiger partial charge in [0.1, 0.15) is 5.54 Å². The molecular weight excluding hydrogens is 218 g/mol. The average Bonchev–Trinajstić information content (AvgIpc) is 3.15. The smallest absolute Gasteiger partial charge is 0.223 e. The number of rotatable bonds is 3. The summed E-state index contributed by atoms with van der Waals surface area (Å²) >= 11 is 0. The van der Waals surface area contributed by atoms with Gasteiger partial charge in [0.15, 0.2) is 5.84 Å².